The molecule has 4 aromatic heterocycles. The van der Waals surface area contributed by atoms with Crippen LogP contribution in [0, 0.1) is 20.2 Å². The van der Waals surface area contributed by atoms with Crippen molar-refractivity contribution >= 4 is 45.5 Å². The smallest absolute Gasteiger partial charge is 0.282 e. The molecule has 0 fully saturated rings. The Labute approximate surface area is 459 Å². The fourth-order valence-electron chi connectivity index (χ4n) is 10.8. The van der Waals surface area contributed by atoms with E-state index in [1.54, 1.807) is 43.0 Å². The maximum absolute atomic E-state index is 12.4. The van der Waals surface area contributed by atoms with E-state index in [9.17, 15) is 25.0 Å². The fourth-order valence-corrected chi connectivity index (χ4v) is 10.8. The second-order valence-electron chi connectivity index (χ2n) is 18.6. The SMILES string of the molecule is CO/C=C/c1cc2c(-c3ccncc3)nn(C(c3ccccc3)(c3ccccc3)c3ccccc3)c2cc1[N+](=O)[O-].O=Cc1cc2c(-c3ccncc3)nn(C(c3ccccc3)(c3ccccc3)c3ccccc3)c2cc1[N+](=O)[O-]. The summed E-state index contributed by atoms with van der Waals surface area (Å²) in [6, 6.07) is 74.2. The van der Waals surface area contributed by atoms with Crippen LogP contribution in [0.5, 0.6) is 0 Å². The highest BCUT2D eigenvalue weighted by Gasteiger charge is 2.43. The zero-order chi connectivity index (χ0) is 55.1. The Morgan fingerprint density at radius 3 is 1.02 bits per heavy atom. The lowest BCUT2D eigenvalue weighted by Gasteiger charge is -2.37. The molecule has 12 aromatic rings. The van der Waals surface area contributed by atoms with Crippen LogP contribution in [0.2, 0.25) is 0 Å². The van der Waals surface area contributed by atoms with E-state index in [1.807, 2.05) is 185 Å². The third-order valence-electron chi connectivity index (χ3n) is 14.3. The molecule has 0 aliphatic heterocycles. The normalized spacial score (nSPS) is 11.5. The molecule has 8 aromatic carbocycles. The highest BCUT2D eigenvalue weighted by atomic mass is 16.6. The Bertz CT molecular complexity index is 3970. The van der Waals surface area contributed by atoms with Crippen molar-refractivity contribution in [1.82, 2.24) is 29.5 Å². The van der Waals surface area contributed by atoms with Gasteiger partial charge in [-0.25, -0.2) is 9.36 Å². The van der Waals surface area contributed by atoms with E-state index in [-0.39, 0.29) is 21.9 Å². The number of pyridine rings is 2. The second-order valence-corrected chi connectivity index (χ2v) is 18.6. The van der Waals surface area contributed by atoms with Gasteiger partial charge in [-0.3, -0.25) is 35.0 Å². The van der Waals surface area contributed by atoms with Crippen LogP contribution in [0.15, 0.2) is 262 Å². The number of carbonyl (C=O) groups excluding carboxylic acids is 1. The molecule has 4 heterocycles. The van der Waals surface area contributed by atoms with Gasteiger partial charge in [-0.15, -0.1) is 0 Å². The summed E-state index contributed by atoms with van der Waals surface area (Å²) in [4.78, 5) is 43.8. The number of rotatable bonds is 15. The zero-order valence-corrected chi connectivity index (χ0v) is 43.0. The number of nitrogens with zero attached hydrogens (tertiary/aromatic N) is 8. The summed E-state index contributed by atoms with van der Waals surface area (Å²) in [5.41, 5.74) is 7.88. The van der Waals surface area contributed by atoms with Crippen molar-refractivity contribution in [3.63, 3.8) is 0 Å². The van der Waals surface area contributed by atoms with Crippen LogP contribution in [0.3, 0.4) is 0 Å². The minimum Gasteiger partial charge on any atom is -0.504 e. The number of ether oxygens (including phenoxy) is 1. The number of carbonyl (C=O) groups is 1. The molecule has 0 unspecified atom stereocenters. The molecular weight excluding hydrogens is 1000 g/mol. The van der Waals surface area contributed by atoms with Crippen molar-refractivity contribution in [2.24, 2.45) is 0 Å². The van der Waals surface area contributed by atoms with E-state index in [0.29, 0.717) is 39.7 Å². The summed E-state index contributed by atoms with van der Waals surface area (Å²) in [5.74, 6) is 0. The van der Waals surface area contributed by atoms with Crippen molar-refractivity contribution in [3.05, 3.63) is 326 Å². The van der Waals surface area contributed by atoms with E-state index in [4.69, 9.17) is 14.9 Å². The highest BCUT2D eigenvalue weighted by Crippen LogP contribution is 2.47. The lowest BCUT2D eigenvalue weighted by Crippen LogP contribution is -2.38. The van der Waals surface area contributed by atoms with Gasteiger partial charge in [0.05, 0.1) is 45.4 Å². The number of hydrogen-bond acceptors (Lipinski definition) is 10. The van der Waals surface area contributed by atoms with E-state index in [2.05, 4.69) is 46.4 Å². The van der Waals surface area contributed by atoms with Gasteiger partial charge in [-0.1, -0.05) is 182 Å². The van der Waals surface area contributed by atoms with Crippen LogP contribution < -0.4 is 0 Å². The van der Waals surface area contributed by atoms with Gasteiger partial charge in [-0.05, 0) is 75.9 Å². The molecule has 388 valence electrons. The highest BCUT2D eigenvalue weighted by molar-refractivity contribution is 6.00. The lowest BCUT2D eigenvalue weighted by molar-refractivity contribution is -0.385. The topological polar surface area (TPSA) is 174 Å². The van der Waals surface area contributed by atoms with Crippen LogP contribution in [0.25, 0.3) is 50.4 Å². The maximum atomic E-state index is 12.4. The van der Waals surface area contributed by atoms with Crippen molar-refractivity contribution < 1.29 is 19.4 Å². The van der Waals surface area contributed by atoms with Gasteiger partial charge < -0.3 is 4.74 Å². The summed E-state index contributed by atoms with van der Waals surface area (Å²) >= 11 is 0. The van der Waals surface area contributed by atoms with Gasteiger partial charge in [0, 0.05) is 58.8 Å². The first-order valence-corrected chi connectivity index (χ1v) is 25.5. The average Bonchev–Trinajstić information content (AvgIpc) is 4.29. The third kappa shape index (κ3) is 9.11. The first-order chi connectivity index (χ1) is 39.3. The van der Waals surface area contributed by atoms with E-state index in [1.165, 1.54) is 19.4 Å². The first kappa shape index (κ1) is 51.1. The average molecular weight is 1050 g/mol. The molecule has 14 nitrogen and oxygen atoms in total. The van der Waals surface area contributed by atoms with Crippen molar-refractivity contribution in [3.8, 4) is 22.5 Å². The molecule has 12 rings (SSSR count). The number of nitro groups is 2. The summed E-state index contributed by atoms with van der Waals surface area (Å²) in [5, 5.41) is 36.3. The Morgan fingerprint density at radius 1 is 0.438 bits per heavy atom. The largest absolute Gasteiger partial charge is 0.504 e. The molecule has 0 bridgehead atoms. The van der Waals surface area contributed by atoms with Gasteiger partial charge in [0.15, 0.2) is 6.29 Å². The third-order valence-corrected chi connectivity index (χ3v) is 14.3. The van der Waals surface area contributed by atoms with Gasteiger partial charge in [0.1, 0.15) is 22.5 Å². The quantitative estimate of drug-likeness (QED) is 0.0316. The molecular formula is C66H48N8O6. The molecule has 0 amide bonds. The maximum Gasteiger partial charge on any atom is 0.282 e. The van der Waals surface area contributed by atoms with E-state index >= 15 is 0 Å². The molecule has 14 heteroatoms. The number of nitro benzene ring substituents is 2. The van der Waals surface area contributed by atoms with Crippen molar-refractivity contribution in [2.45, 2.75) is 11.1 Å². The zero-order valence-electron chi connectivity index (χ0n) is 43.0. The summed E-state index contributed by atoms with van der Waals surface area (Å²) in [7, 11) is 1.51. The van der Waals surface area contributed by atoms with E-state index in [0.717, 1.165) is 49.9 Å². The second kappa shape index (κ2) is 22.3. The fraction of sp³-hybridized carbons (Fsp3) is 0.0455. The van der Waals surface area contributed by atoms with Crippen LogP contribution in [-0.2, 0) is 15.8 Å². The van der Waals surface area contributed by atoms with Crippen LogP contribution in [-0.4, -0.2) is 52.8 Å². The van der Waals surface area contributed by atoms with Gasteiger partial charge in [0.2, 0.25) is 0 Å². The lowest BCUT2D eigenvalue weighted by atomic mass is 9.77. The molecule has 0 aliphatic rings. The van der Waals surface area contributed by atoms with E-state index < -0.39 is 16.0 Å². The molecule has 0 saturated heterocycles. The number of methoxy groups -OCH3 is 1. The monoisotopic (exact) mass is 1050 g/mol. The Hall–Kier alpha value is -11.0. The Morgan fingerprint density at radius 2 is 0.738 bits per heavy atom. The van der Waals surface area contributed by atoms with Crippen LogP contribution >= 0.6 is 0 Å². The molecule has 0 atom stereocenters. The number of fused-ring (bicyclic) bond motifs is 2. The molecule has 0 saturated carbocycles. The standard InChI is InChI=1S/C34H26N4O3.C32H22N4O3/c1-41-22-19-26-23-30-32(24-31(26)38(39)40)37(36-33(30)25-17-20-35-21-18-25)34(27-11-5-2-6-12-27,28-13-7-3-8-14-28)29-15-9-4-10-16-29;37-22-24-20-28-30(21-29(24)36(38)39)35(34-31(28)23-16-18-33-19-17-23)32(25-10-4-1-5-11-25,26-12-6-2-7-13-26)27-14-8-3-9-15-27/h2-24H,1H3;1-22H/b22-19+;. The predicted molar refractivity (Wildman–Crippen MR) is 310 cm³/mol. The Balaban J connectivity index is 0.000000169. The van der Waals surface area contributed by atoms with Gasteiger partial charge in [-0.2, -0.15) is 10.2 Å². The molecule has 0 spiro atoms. The summed E-state index contributed by atoms with van der Waals surface area (Å²) in [6.45, 7) is 0. The minimum atomic E-state index is -0.996. The van der Waals surface area contributed by atoms with Gasteiger partial charge >= 0.3 is 0 Å². The summed E-state index contributed by atoms with van der Waals surface area (Å²) in [6.07, 6.45) is 10.3. The molecule has 0 radical (unpaired) electrons. The van der Waals surface area contributed by atoms with Crippen molar-refractivity contribution in [2.75, 3.05) is 7.11 Å². The molecule has 80 heavy (non-hydrogen) atoms. The van der Waals surface area contributed by atoms with Crippen LogP contribution in [0.1, 0.15) is 49.3 Å². The van der Waals surface area contributed by atoms with Crippen LogP contribution in [0.4, 0.5) is 11.4 Å². The number of hydrogen-bond donors (Lipinski definition) is 0. The van der Waals surface area contributed by atoms with Gasteiger partial charge in [0.25, 0.3) is 11.4 Å². The number of aromatic nitrogens is 6. The molecule has 0 N–H and O–H groups in total. The number of benzene rings is 8. The van der Waals surface area contributed by atoms with Crippen molar-refractivity contribution in [1.29, 1.82) is 0 Å². The summed E-state index contributed by atoms with van der Waals surface area (Å²) < 4.78 is 8.91. The predicted octanol–water partition coefficient (Wildman–Crippen LogP) is 14.1. The minimum absolute atomic E-state index is 0.00732. The molecule has 0 aliphatic carbocycles. The number of aldehydes is 1. The Kier molecular flexibility index (Phi) is 14.3. The first-order valence-electron chi connectivity index (χ1n) is 25.5.